The Labute approximate surface area is 292 Å². The molecule has 0 saturated carbocycles. The van der Waals surface area contributed by atoms with Gasteiger partial charge in [-0.2, -0.15) is 0 Å². The van der Waals surface area contributed by atoms with Crippen LogP contribution in [0.5, 0.6) is 0 Å². The number of hydrogen-bond donors (Lipinski definition) is 3. The van der Waals surface area contributed by atoms with Crippen molar-refractivity contribution in [1.29, 1.82) is 0 Å². The summed E-state index contributed by atoms with van der Waals surface area (Å²) in [5, 5.41) is 11.8. The summed E-state index contributed by atoms with van der Waals surface area (Å²) in [7, 11) is 0. The van der Waals surface area contributed by atoms with Crippen LogP contribution in [0.4, 0.5) is 0 Å². The largest absolute Gasteiger partial charge is 0.379 e. The molecular weight excluding hydrogens is 626 g/mol. The number of epoxide rings is 1. The second-order valence-corrected chi connectivity index (χ2v) is 12.7. The van der Waals surface area contributed by atoms with Gasteiger partial charge in [0.1, 0.15) is 11.6 Å². The number of aromatic nitrogens is 1. The van der Waals surface area contributed by atoms with Gasteiger partial charge in [-0.1, -0.05) is 88.7 Å². The van der Waals surface area contributed by atoms with Crippen LogP contribution in [0.1, 0.15) is 83.6 Å². The molecule has 4 rings (SSSR count). The zero-order valence-electron chi connectivity index (χ0n) is 31.0. The van der Waals surface area contributed by atoms with Gasteiger partial charge in [-0.05, 0) is 39.0 Å². The molecule has 3 heterocycles. The lowest BCUT2D eigenvalue weighted by molar-refractivity contribution is -0.131. The Morgan fingerprint density at radius 1 is 1.04 bits per heavy atom. The van der Waals surface area contributed by atoms with Gasteiger partial charge < -0.3 is 29.9 Å². The van der Waals surface area contributed by atoms with Crippen LogP contribution in [0, 0.1) is 18.8 Å². The molecule has 0 spiro atoms. The van der Waals surface area contributed by atoms with E-state index >= 15 is 0 Å². The number of amides is 3. The molecule has 2 fully saturated rings. The summed E-state index contributed by atoms with van der Waals surface area (Å²) in [6.07, 6.45) is 2.22. The Bertz CT molecular complexity index is 1290. The van der Waals surface area contributed by atoms with Gasteiger partial charge >= 0.3 is 0 Å². The van der Waals surface area contributed by atoms with E-state index in [1.54, 1.807) is 32.9 Å². The van der Waals surface area contributed by atoms with Gasteiger partial charge in [-0.25, -0.2) is 0 Å². The van der Waals surface area contributed by atoms with Crippen LogP contribution in [0.2, 0.25) is 0 Å². The number of carbonyl (C=O) groups excluding carboxylic acids is 4. The summed E-state index contributed by atoms with van der Waals surface area (Å²) in [5.74, 6) is -1.25. The van der Waals surface area contributed by atoms with E-state index in [0.717, 1.165) is 13.1 Å². The lowest BCUT2D eigenvalue weighted by Gasteiger charge is -2.25. The highest BCUT2D eigenvalue weighted by Gasteiger charge is 2.50. The fourth-order valence-corrected chi connectivity index (χ4v) is 4.60. The molecule has 0 radical (unpaired) electrons. The second kappa shape index (κ2) is 22.7. The molecule has 1 aromatic heterocycles. The number of carbonyl (C=O) groups is 4. The number of allylic oxidation sites excluding steroid dienone is 1. The molecule has 2 saturated heterocycles. The molecular formula is C37H59N5O7. The van der Waals surface area contributed by atoms with E-state index in [4.69, 9.17) is 14.0 Å². The van der Waals surface area contributed by atoms with Gasteiger partial charge in [0.2, 0.25) is 11.8 Å². The molecule has 2 aromatic rings. The fraction of sp³-hybridized carbons (Fsp3) is 0.595. The van der Waals surface area contributed by atoms with Gasteiger partial charge in [-0.15, -0.1) is 6.58 Å². The van der Waals surface area contributed by atoms with Crippen LogP contribution in [-0.2, 0) is 30.4 Å². The fourth-order valence-electron chi connectivity index (χ4n) is 4.60. The Kier molecular flexibility index (Phi) is 20.0. The van der Waals surface area contributed by atoms with E-state index in [1.807, 2.05) is 52.8 Å². The number of ketones is 1. The van der Waals surface area contributed by atoms with Gasteiger partial charge in [0.05, 0.1) is 39.0 Å². The first-order chi connectivity index (χ1) is 23.3. The lowest BCUT2D eigenvalue weighted by Crippen LogP contribution is -2.53. The molecule has 3 N–H and O–H groups in total. The van der Waals surface area contributed by atoms with Crippen molar-refractivity contribution < 1.29 is 33.2 Å². The van der Waals surface area contributed by atoms with Crippen molar-refractivity contribution in [3.05, 3.63) is 66.1 Å². The maximum Gasteiger partial charge on any atom is 0.274 e. The van der Waals surface area contributed by atoms with E-state index in [2.05, 4.69) is 51.6 Å². The van der Waals surface area contributed by atoms with E-state index in [9.17, 15) is 19.2 Å². The zero-order chi connectivity index (χ0) is 37.0. The minimum Gasteiger partial charge on any atom is -0.379 e. The smallest absolute Gasteiger partial charge is 0.274 e. The minimum absolute atomic E-state index is 0.0743. The maximum atomic E-state index is 12.8. The average molecular weight is 686 g/mol. The number of rotatable bonds is 13. The zero-order valence-corrected chi connectivity index (χ0v) is 31.0. The van der Waals surface area contributed by atoms with Gasteiger partial charge in [0, 0.05) is 19.2 Å². The van der Waals surface area contributed by atoms with Crippen molar-refractivity contribution in [2.75, 3.05) is 39.5 Å². The summed E-state index contributed by atoms with van der Waals surface area (Å²) < 4.78 is 15.9. The van der Waals surface area contributed by atoms with Crippen molar-refractivity contribution in [2.24, 2.45) is 11.8 Å². The van der Waals surface area contributed by atoms with Gasteiger partial charge in [0.15, 0.2) is 17.2 Å². The predicted octanol–water partition coefficient (Wildman–Crippen LogP) is 4.48. The van der Waals surface area contributed by atoms with Crippen LogP contribution in [0.15, 0.2) is 53.6 Å². The molecule has 274 valence electrons. The normalized spacial score (nSPS) is 17.8. The molecule has 12 heteroatoms. The van der Waals surface area contributed by atoms with Crippen molar-refractivity contribution in [1.82, 2.24) is 26.0 Å². The summed E-state index contributed by atoms with van der Waals surface area (Å²) in [6, 6.07) is 10.2. The molecule has 0 bridgehead atoms. The number of aryl methyl sites for hydroxylation is 1. The molecule has 3 atom stereocenters. The van der Waals surface area contributed by atoms with E-state index < -0.39 is 35.4 Å². The second-order valence-electron chi connectivity index (χ2n) is 12.7. The van der Waals surface area contributed by atoms with Crippen molar-refractivity contribution >= 4 is 23.5 Å². The third kappa shape index (κ3) is 16.4. The Hall–Kier alpha value is -3.87. The van der Waals surface area contributed by atoms with Gasteiger partial charge in [0.25, 0.3) is 5.91 Å². The number of nitrogens with one attached hydrogen (secondary N) is 3. The number of nitrogens with zero attached hydrogens (tertiary/aromatic N) is 2. The monoisotopic (exact) mass is 685 g/mol. The molecule has 12 nitrogen and oxygen atoms in total. The highest BCUT2D eigenvalue weighted by atomic mass is 16.6. The third-order valence-corrected chi connectivity index (χ3v) is 7.33. The Morgan fingerprint density at radius 2 is 1.63 bits per heavy atom. The quantitative estimate of drug-likeness (QED) is 0.205. The number of ether oxygens (including phenoxy) is 2. The molecule has 2 aliphatic rings. The number of Topliss-reactive ketones (excluding diaryl/α,β-unsaturated/α-hetero) is 1. The predicted molar refractivity (Wildman–Crippen MR) is 191 cm³/mol. The first kappa shape index (κ1) is 43.2. The molecule has 3 amide bonds. The van der Waals surface area contributed by atoms with Gasteiger partial charge in [-0.3, -0.25) is 24.1 Å². The average Bonchev–Trinajstić information content (AvgIpc) is 3.66. The first-order valence-corrected chi connectivity index (χ1v) is 17.2. The van der Waals surface area contributed by atoms with E-state index in [1.165, 1.54) is 5.56 Å². The topological polar surface area (TPSA) is 155 Å². The molecule has 0 aliphatic carbocycles. The summed E-state index contributed by atoms with van der Waals surface area (Å²) in [5.41, 5.74) is 0.541. The van der Waals surface area contributed by atoms with Crippen molar-refractivity contribution in [2.45, 2.75) is 93.0 Å². The van der Waals surface area contributed by atoms with Crippen molar-refractivity contribution in [3.63, 3.8) is 0 Å². The van der Waals surface area contributed by atoms with Crippen LogP contribution >= 0.6 is 0 Å². The summed E-state index contributed by atoms with van der Waals surface area (Å²) in [4.78, 5) is 53.0. The number of morpholine rings is 1. The number of benzene rings is 1. The highest BCUT2D eigenvalue weighted by Crippen LogP contribution is 2.29. The van der Waals surface area contributed by atoms with Crippen LogP contribution in [0.3, 0.4) is 0 Å². The van der Waals surface area contributed by atoms with Crippen molar-refractivity contribution in [3.8, 4) is 0 Å². The summed E-state index contributed by atoms with van der Waals surface area (Å²) in [6.45, 7) is 23.9. The van der Waals surface area contributed by atoms with Crippen LogP contribution < -0.4 is 16.0 Å². The molecule has 1 aromatic carbocycles. The maximum absolute atomic E-state index is 12.8. The SMILES string of the molecule is C=CC.CC.CC(C)C[C@H](NC(=O)CNC(=O)C(NC(=O)c1cc(CN2CCOCC2)on1)C(C)C)C(=O)[C@@]1(C)CO1.Cc1ccccc1. The summed E-state index contributed by atoms with van der Waals surface area (Å²) >= 11 is 0. The standard InChI is InChI=1S/C25H39N5O7.C7H8.C3H6.C2H6/c1-15(2)10-18(22(32)25(5)14-36-25)27-20(31)12-26-24(34)21(16(3)4)28-23(33)19-11-17(37-29-19)13-30-6-8-35-9-7-30;1-7-5-3-2-4-6-7;1-3-2;1-2/h11,15-16,18,21H,6-10,12-14H2,1-5H3,(H,26,34)(H,27,31)(H,28,33);2-6H,1H3;3H,1H2,2H3;1-2H3/t18-,21?,25+;;;/m0.../s1. The van der Waals surface area contributed by atoms with E-state index in [-0.39, 0.29) is 29.9 Å². The third-order valence-electron chi connectivity index (χ3n) is 7.33. The van der Waals surface area contributed by atoms with Crippen LogP contribution in [0.25, 0.3) is 0 Å². The van der Waals surface area contributed by atoms with Crippen LogP contribution in [-0.4, -0.2) is 90.7 Å². The van der Waals surface area contributed by atoms with E-state index in [0.29, 0.717) is 38.5 Å². The first-order valence-electron chi connectivity index (χ1n) is 17.2. The lowest BCUT2D eigenvalue weighted by atomic mass is 9.93. The molecule has 2 aliphatic heterocycles. The Morgan fingerprint density at radius 3 is 2.12 bits per heavy atom. The molecule has 49 heavy (non-hydrogen) atoms. The highest BCUT2D eigenvalue weighted by molar-refractivity contribution is 5.98. The number of hydrogen-bond acceptors (Lipinski definition) is 9. The minimum atomic E-state index is -0.897. The molecule has 1 unspecified atom stereocenters. The Balaban J connectivity index is 0.000000853.